The number of carbonyl (C=O) groups is 6. The summed E-state index contributed by atoms with van der Waals surface area (Å²) in [6.45, 7) is 2.31. The summed E-state index contributed by atoms with van der Waals surface area (Å²) in [7, 11) is 0. The van der Waals surface area contributed by atoms with E-state index in [2.05, 4.69) is 12.1 Å². The number of ether oxygens (including phenoxy) is 6. The van der Waals surface area contributed by atoms with Gasteiger partial charge in [0.2, 0.25) is 0 Å². The van der Waals surface area contributed by atoms with Gasteiger partial charge in [-0.1, -0.05) is 48.5 Å². The predicted octanol–water partition coefficient (Wildman–Crippen LogP) is 6.34. The Bertz CT molecular complexity index is 2030. The number of rotatable bonds is 18. The normalized spacial score (nSPS) is 11.5. The maximum Gasteiger partial charge on any atom is 0.331 e. The molecule has 0 aromatic heterocycles. The Morgan fingerprint density at radius 1 is 0.483 bits per heavy atom. The molecule has 2 unspecified atom stereocenters. The molecule has 4 aromatic carbocycles. The van der Waals surface area contributed by atoms with Crippen molar-refractivity contribution in [3.05, 3.63) is 120 Å². The van der Waals surface area contributed by atoms with Crippen LogP contribution in [-0.4, -0.2) is 61.2 Å². The molecule has 0 saturated carbocycles. The highest BCUT2D eigenvalue weighted by molar-refractivity contribution is 5.91. The zero-order valence-electron chi connectivity index (χ0n) is 31.6. The molecule has 0 bridgehead atoms. The van der Waals surface area contributed by atoms with Crippen LogP contribution in [0.2, 0.25) is 0 Å². The van der Waals surface area contributed by atoms with Crippen LogP contribution in [0.5, 0.6) is 11.5 Å². The van der Waals surface area contributed by atoms with E-state index < -0.39 is 48.0 Å². The molecule has 58 heavy (non-hydrogen) atoms. The van der Waals surface area contributed by atoms with E-state index in [1.807, 2.05) is 24.3 Å². The Balaban J connectivity index is 1.04. The molecule has 4 rings (SSSR count). The van der Waals surface area contributed by atoms with E-state index >= 15 is 0 Å². The first-order chi connectivity index (χ1) is 27.9. The molecule has 0 amide bonds. The highest BCUT2D eigenvalue weighted by atomic mass is 16.6. The number of nitrogens with zero attached hydrogens (tertiary/aromatic N) is 2. The lowest BCUT2D eigenvalue weighted by molar-refractivity contribution is -0.156. The van der Waals surface area contributed by atoms with Gasteiger partial charge in [-0.3, -0.25) is 19.2 Å². The van der Waals surface area contributed by atoms with Crippen molar-refractivity contribution in [3.8, 4) is 45.9 Å². The molecular weight excluding hydrogens is 748 g/mol. The van der Waals surface area contributed by atoms with Gasteiger partial charge in [-0.15, -0.1) is 0 Å². The predicted molar refractivity (Wildman–Crippen MR) is 205 cm³/mol. The van der Waals surface area contributed by atoms with E-state index in [1.54, 1.807) is 72.8 Å². The average Bonchev–Trinajstić information content (AvgIpc) is 3.23. The number of carbonyl (C=O) groups excluding carboxylic acids is 6. The third kappa shape index (κ3) is 14.9. The highest BCUT2D eigenvalue weighted by Crippen LogP contribution is 2.24. The SMILES string of the molecule is CC(COC(=O)CCC(=O)Oc1ccc(-c2ccc(C#N)cc2)cc1)OC(=O)/C=C/C(=O)OC(C)COC(=O)CCC(=O)Oc1ccc(-c2ccc(C#N)cc2)cc1. The van der Waals surface area contributed by atoms with Gasteiger partial charge in [0.05, 0.1) is 48.9 Å². The van der Waals surface area contributed by atoms with E-state index in [0.717, 1.165) is 34.4 Å². The van der Waals surface area contributed by atoms with Gasteiger partial charge in [0, 0.05) is 12.2 Å². The molecule has 0 radical (unpaired) electrons. The van der Waals surface area contributed by atoms with E-state index in [0.29, 0.717) is 22.6 Å². The van der Waals surface area contributed by atoms with Crippen LogP contribution in [0, 0.1) is 22.7 Å². The van der Waals surface area contributed by atoms with Gasteiger partial charge < -0.3 is 28.4 Å². The van der Waals surface area contributed by atoms with Gasteiger partial charge in [-0.25, -0.2) is 9.59 Å². The molecule has 0 spiro atoms. The summed E-state index contributed by atoms with van der Waals surface area (Å²) in [5.74, 6) is -3.97. The monoisotopic (exact) mass is 786 g/mol. The third-order valence-electron chi connectivity index (χ3n) is 7.88. The maximum atomic E-state index is 12.2. The van der Waals surface area contributed by atoms with Crippen molar-refractivity contribution in [2.45, 2.75) is 51.7 Å². The van der Waals surface area contributed by atoms with Crippen LogP contribution in [0.15, 0.2) is 109 Å². The van der Waals surface area contributed by atoms with Crippen molar-refractivity contribution in [3.63, 3.8) is 0 Å². The van der Waals surface area contributed by atoms with Crippen molar-refractivity contribution in [1.82, 2.24) is 0 Å². The van der Waals surface area contributed by atoms with Crippen molar-refractivity contribution in [1.29, 1.82) is 10.5 Å². The third-order valence-corrected chi connectivity index (χ3v) is 7.88. The van der Waals surface area contributed by atoms with E-state index in [4.69, 9.17) is 38.9 Å². The van der Waals surface area contributed by atoms with E-state index in [-0.39, 0.29) is 38.9 Å². The Morgan fingerprint density at radius 2 is 0.776 bits per heavy atom. The van der Waals surface area contributed by atoms with Crippen molar-refractivity contribution in [2.75, 3.05) is 13.2 Å². The minimum absolute atomic E-state index is 0.249. The molecule has 2 atom stereocenters. The van der Waals surface area contributed by atoms with Gasteiger partial charge in [0.15, 0.2) is 0 Å². The summed E-state index contributed by atoms with van der Waals surface area (Å²) < 4.78 is 30.8. The fraction of sp³-hybridized carbons (Fsp3) is 0.227. The minimum atomic E-state index is -0.914. The summed E-state index contributed by atoms with van der Waals surface area (Å²) in [4.78, 5) is 72.9. The number of nitriles is 2. The fourth-order valence-corrected chi connectivity index (χ4v) is 4.92. The first kappa shape index (κ1) is 43.2. The summed E-state index contributed by atoms with van der Waals surface area (Å²) in [5, 5.41) is 17.9. The number of esters is 6. The zero-order valence-corrected chi connectivity index (χ0v) is 31.6. The molecule has 14 heteroatoms. The van der Waals surface area contributed by atoms with Crippen LogP contribution in [-0.2, 0) is 47.7 Å². The van der Waals surface area contributed by atoms with E-state index in [9.17, 15) is 28.8 Å². The summed E-state index contributed by atoms with van der Waals surface area (Å²) >= 11 is 0. The lowest BCUT2D eigenvalue weighted by Crippen LogP contribution is -2.23. The van der Waals surface area contributed by atoms with Gasteiger partial charge in [0.1, 0.15) is 36.9 Å². The van der Waals surface area contributed by atoms with Crippen LogP contribution in [0.25, 0.3) is 22.3 Å². The quantitative estimate of drug-likeness (QED) is 0.0467. The van der Waals surface area contributed by atoms with Crippen molar-refractivity contribution >= 4 is 35.8 Å². The second-order valence-electron chi connectivity index (χ2n) is 12.6. The smallest absolute Gasteiger partial charge is 0.331 e. The van der Waals surface area contributed by atoms with Gasteiger partial charge in [0.25, 0.3) is 0 Å². The topological polar surface area (TPSA) is 205 Å². The lowest BCUT2D eigenvalue weighted by atomic mass is 10.0. The number of benzene rings is 4. The van der Waals surface area contributed by atoms with E-state index in [1.165, 1.54) is 13.8 Å². The Hall–Kier alpha value is -7.58. The van der Waals surface area contributed by atoms with Crippen LogP contribution in [0.3, 0.4) is 0 Å². The summed E-state index contributed by atoms with van der Waals surface area (Å²) in [6, 6.07) is 31.7. The van der Waals surface area contributed by atoms with Crippen LogP contribution in [0.4, 0.5) is 0 Å². The van der Waals surface area contributed by atoms with Gasteiger partial charge >= 0.3 is 35.8 Å². The molecule has 0 heterocycles. The molecule has 0 aliphatic heterocycles. The maximum absolute atomic E-state index is 12.2. The molecular formula is C44H38N2O12. The second kappa shape index (κ2) is 22.1. The molecule has 0 fully saturated rings. The summed E-state index contributed by atoms with van der Waals surface area (Å²) in [5.41, 5.74) is 4.59. The van der Waals surface area contributed by atoms with Crippen molar-refractivity contribution < 1.29 is 57.2 Å². The fourth-order valence-electron chi connectivity index (χ4n) is 4.92. The lowest BCUT2D eigenvalue weighted by Gasteiger charge is -2.13. The summed E-state index contributed by atoms with van der Waals surface area (Å²) in [6.07, 6.45) is -1.16. The van der Waals surface area contributed by atoms with Gasteiger partial charge in [-0.2, -0.15) is 10.5 Å². The molecule has 0 aliphatic carbocycles. The van der Waals surface area contributed by atoms with Crippen molar-refractivity contribution in [2.24, 2.45) is 0 Å². The average molecular weight is 787 g/mol. The number of hydrogen-bond donors (Lipinski definition) is 0. The minimum Gasteiger partial charge on any atom is -0.462 e. The molecule has 296 valence electrons. The Morgan fingerprint density at radius 3 is 1.09 bits per heavy atom. The van der Waals surface area contributed by atoms with Gasteiger partial charge in [-0.05, 0) is 84.6 Å². The molecule has 0 saturated heterocycles. The first-order valence-electron chi connectivity index (χ1n) is 17.9. The number of hydrogen-bond acceptors (Lipinski definition) is 14. The highest BCUT2D eigenvalue weighted by Gasteiger charge is 2.16. The molecule has 14 nitrogen and oxygen atoms in total. The first-order valence-corrected chi connectivity index (χ1v) is 17.9. The molecule has 0 N–H and O–H groups in total. The molecule has 0 aliphatic rings. The standard InChI is InChI=1S/C44H38N2O12/c1-29(27-53-39(47)19-21-43(51)57-37-15-11-35(12-16-37)33-7-3-31(25-45)4-8-33)55-41(49)23-24-42(50)56-30(2)28-54-40(48)20-22-44(52)58-38-17-13-36(14-18-38)34-9-5-32(26-46)6-10-34/h3-18,23-24,29-30H,19-22,27-28H2,1-2H3/b24-23+. The van der Waals surface area contributed by atoms with Crippen LogP contribution >= 0.6 is 0 Å². The van der Waals surface area contributed by atoms with Crippen LogP contribution in [0.1, 0.15) is 50.7 Å². The Labute approximate surface area is 334 Å². The molecule has 4 aromatic rings. The second-order valence-corrected chi connectivity index (χ2v) is 12.6. The van der Waals surface area contributed by atoms with Crippen LogP contribution < -0.4 is 9.47 Å². The zero-order chi connectivity index (χ0) is 41.9. The Kier molecular flexibility index (Phi) is 16.4. The largest absolute Gasteiger partial charge is 0.462 e.